The topological polar surface area (TPSA) is 24.8 Å². The van der Waals surface area contributed by atoms with E-state index in [2.05, 4.69) is 4.99 Å². The summed E-state index contributed by atoms with van der Waals surface area (Å²) in [6, 6.07) is 3.34. The van der Waals surface area contributed by atoms with Crippen molar-refractivity contribution in [1.29, 1.82) is 0 Å². The Kier molecular flexibility index (Phi) is 6.18. The predicted molar refractivity (Wildman–Crippen MR) is 98.5 cm³/mol. The van der Waals surface area contributed by atoms with Crippen LogP contribution < -0.4 is 4.74 Å². The van der Waals surface area contributed by atoms with E-state index in [-0.39, 0.29) is 11.3 Å². The van der Waals surface area contributed by atoms with Crippen LogP contribution in [0.5, 0.6) is 11.5 Å². The van der Waals surface area contributed by atoms with Gasteiger partial charge in [-0.25, -0.2) is 13.8 Å². The van der Waals surface area contributed by atoms with Gasteiger partial charge in [-0.05, 0) is 51.0 Å². The van der Waals surface area contributed by atoms with Crippen LogP contribution in [-0.2, 0) is 0 Å². The molecule has 3 nitrogen and oxygen atoms in total. The molecule has 0 fully saturated rings. The van der Waals surface area contributed by atoms with Crippen molar-refractivity contribution in [2.45, 2.75) is 27.7 Å². The molecule has 0 amide bonds. The van der Waals surface area contributed by atoms with E-state index >= 15 is 0 Å². The largest absolute Gasteiger partial charge is 0.451 e. The minimum atomic E-state index is -1.46. The van der Waals surface area contributed by atoms with Gasteiger partial charge >= 0.3 is 0 Å². The molecule has 0 bridgehead atoms. The Morgan fingerprint density at radius 1 is 1.08 bits per heavy atom. The standard InChI is InChI=1S/C19H20ClF3N2O/c1-6-25(5)9-24-13-7-11(3)14(8-10(13)2)26-19-16(21)12(4)15(20)17(22)18(19)23/h7-9H,6H2,1-5H3. The molecule has 0 aliphatic carbocycles. The minimum absolute atomic E-state index is 0.209. The maximum Gasteiger partial charge on any atom is 0.205 e. The second-order valence-corrected chi connectivity index (χ2v) is 6.41. The van der Waals surface area contributed by atoms with Crippen LogP contribution in [0.2, 0.25) is 5.02 Å². The monoisotopic (exact) mass is 384 g/mol. The summed E-state index contributed by atoms with van der Waals surface area (Å²) in [5, 5.41) is -0.593. The Labute approximate surface area is 156 Å². The van der Waals surface area contributed by atoms with Crippen molar-refractivity contribution in [2.75, 3.05) is 13.6 Å². The Bertz CT molecular complexity index is 840. The van der Waals surface area contributed by atoms with Gasteiger partial charge in [-0.2, -0.15) is 4.39 Å². The lowest BCUT2D eigenvalue weighted by atomic mass is 10.1. The van der Waals surface area contributed by atoms with Crippen molar-refractivity contribution in [3.63, 3.8) is 0 Å². The summed E-state index contributed by atoms with van der Waals surface area (Å²) < 4.78 is 47.6. The highest BCUT2D eigenvalue weighted by atomic mass is 35.5. The third-order valence-corrected chi connectivity index (χ3v) is 4.49. The van der Waals surface area contributed by atoms with E-state index < -0.39 is 28.2 Å². The van der Waals surface area contributed by atoms with E-state index in [1.165, 1.54) is 6.92 Å². The number of aryl methyl sites for hydroxylation is 2. The summed E-state index contributed by atoms with van der Waals surface area (Å²) in [4.78, 5) is 6.29. The highest BCUT2D eigenvalue weighted by molar-refractivity contribution is 6.31. The molecule has 26 heavy (non-hydrogen) atoms. The first-order valence-corrected chi connectivity index (χ1v) is 8.41. The molecule has 0 atom stereocenters. The van der Waals surface area contributed by atoms with E-state index in [1.54, 1.807) is 32.3 Å². The molecule has 0 unspecified atom stereocenters. The second-order valence-electron chi connectivity index (χ2n) is 6.03. The zero-order valence-electron chi connectivity index (χ0n) is 15.3. The van der Waals surface area contributed by atoms with E-state index in [4.69, 9.17) is 16.3 Å². The van der Waals surface area contributed by atoms with Crippen molar-refractivity contribution < 1.29 is 17.9 Å². The van der Waals surface area contributed by atoms with Gasteiger partial charge in [0.05, 0.1) is 17.0 Å². The van der Waals surface area contributed by atoms with Crippen molar-refractivity contribution in [3.8, 4) is 11.5 Å². The van der Waals surface area contributed by atoms with E-state index in [0.29, 0.717) is 11.3 Å². The van der Waals surface area contributed by atoms with Crippen LogP contribution >= 0.6 is 11.6 Å². The molecule has 0 saturated heterocycles. The number of nitrogens with zero attached hydrogens (tertiary/aromatic N) is 2. The van der Waals surface area contributed by atoms with Crippen LogP contribution in [0.15, 0.2) is 17.1 Å². The Balaban J connectivity index is 2.44. The summed E-state index contributed by atoms with van der Waals surface area (Å²) in [5.74, 6) is -4.42. The van der Waals surface area contributed by atoms with Gasteiger partial charge in [-0.15, -0.1) is 0 Å². The molecule has 0 radical (unpaired) electrons. The molecule has 2 aromatic rings. The lowest BCUT2D eigenvalue weighted by Gasteiger charge is -2.15. The van der Waals surface area contributed by atoms with Gasteiger partial charge in [0.1, 0.15) is 5.75 Å². The van der Waals surface area contributed by atoms with Gasteiger partial charge in [0, 0.05) is 19.2 Å². The fourth-order valence-corrected chi connectivity index (χ4v) is 2.36. The highest BCUT2D eigenvalue weighted by Crippen LogP contribution is 2.38. The third-order valence-electron chi connectivity index (χ3n) is 4.04. The van der Waals surface area contributed by atoms with Gasteiger partial charge in [0.2, 0.25) is 11.6 Å². The Hall–Kier alpha value is -2.21. The van der Waals surface area contributed by atoms with Gasteiger partial charge in [0.15, 0.2) is 11.6 Å². The predicted octanol–water partition coefficient (Wildman–Crippen LogP) is 6.09. The van der Waals surface area contributed by atoms with Crippen molar-refractivity contribution in [2.24, 2.45) is 4.99 Å². The Morgan fingerprint density at radius 3 is 2.35 bits per heavy atom. The fourth-order valence-electron chi connectivity index (χ4n) is 2.19. The highest BCUT2D eigenvalue weighted by Gasteiger charge is 2.24. The smallest absolute Gasteiger partial charge is 0.205 e. The molecular formula is C19H20ClF3N2O. The molecular weight excluding hydrogens is 365 g/mol. The number of ether oxygens (including phenoxy) is 1. The zero-order valence-corrected chi connectivity index (χ0v) is 16.0. The minimum Gasteiger partial charge on any atom is -0.451 e. The maximum atomic E-state index is 14.3. The Morgan fingerprint density at radius 2 is 1.73 bits per heavy atom. The number of aliphatic imine (C=N–C) groups is 1. The molecule has 0 aromatic heterocycles. The average molecular weight is 385 g/mol. The van der Waals surface area contributed by atoms with Gasteiger partial charge in [-0.1, -0.05) is 11.6 Å². The summed E-state index contributed by atoms with van der Waals surface area (Å²) in [5.41, 5.74) is 1.85. The summed E-state index contributed by atoms with van der Waals surface area (Å²) in [7, 11) is 1.89. The number of benzene rings is 2. The number of hydrogen-bond donors (Lipinski definition) is 0. The maximum absolute atomic E-state index is 14.3. The summed E-state index contributed by atoms with van der Waals surface area (Å²) in [6.45, 7) is 7.57. The van der Waals surface area contributed by atoms with Crippen LogP contribution in [0.4, 0.5) is 18.9 Å². The van der Waals surface area contributed by atoms with E-state index in [1.807, 2.05) is 18.9 Å². The summed E-state index contributed by atoms with van der Waals surface area (Å²) in [6.07, 6.45) is 1.69. The van der Waals surface area contributed by atoms with Crippen LogP contribution in [0.25, 0.3) is 0 Å². The van der Waals surface area contributed by atoms with Crippen LogP contribution in [-0.4, -0.2) is 24.8 Å². The molecule has 2 rings (SSSR count). The van der Waals surface area contributed by atoms with Gasteiger partial charge in [-0.3, -0.25) is 0 Å². The van der Waals surface area contributed by atoms with Gasteiger partial charge in [0.25, 0.3) is 0 Å². The average Bonchev–Trinajstić information content (AvgIpc) is 2.62. The van der Waals surface area contributed by atoms with Gasteiger partial charge < -0.3 is 9.64 Å². The van der Waals surface area contributed by atoms with E-state index in [9.17, 15) is 13.2 Å². The molecule has 0 spiro atoms. The van der Waals surface area contributed by atoms with E-state index in [0.717, 1.165) is 12.1 Å². The molecule has 2 aromatic carbocycles. The lowest BCUT2D eigenvalue weighted by molar-refractivity contribution is 0.383. The third kappa shape index (κ3) is 3.96. The first-order valence-electron chi connectivity index (χ1n) is 8.03. The quantitative estimate of drug-likeness (QED) is 0.270. The summed E-state index contributed by atoms with van der Waals surface area (Å²) >= 11 is 5.58. The van der Waals surface area contributed by atoms with Crippen molar-refractivity contribution >= 4 is 23.6 Å². The fraction of sp³-hybridized carbons (Fsp3) is 0.316. The molecule has 0 aliphatic heterocycles. The molecule has 0 aliphatic rings. The first kappa shape index (κ1) is 20.1. The molecule has 0 saturated carbocycles. The van der Waals surface area contributed by atoms with Crippen molar-refractivity contribution in [3.05, 3.63) is 51.3 Å². The second kappa shape index (κ2) is 7.99. The van der Waals surface area contributed by atoms with Crippen LogP contribution in [0, 0.1) is 38.2 Å². The number of halogens is 4. The molecule has 0 heterocycles. The molecule has 0 N–H and O–H groups in total. The lowest BCUT2D eigenvalue weighted by Crippen LogP contribution is -2.14. The zero-order chi connectivity index (χ0) is 19.6. The number of rotatable bonds is 5. The normalized spacial score (nSPS) is 11.3. The molecule has 7 heteroatoms. The van der Waals surface area contributed by atoms with Crippen LogP contribution in [0.1, 0.15) is 23.6 Å². The number of hydrogen-bond acceptors (Lipinski definition) is 2. The molecule has 140 valence electrons. The SMILES string of the molecule is CCN(C)C=Nc1cc(C)c(Oc2c(F)c(C)c(Cl)c(F)c2F)cc1C. The van der Waals surface area contributed by atoms with Crippen LogP contribution in [0.3, 0.4) is 0 Å². The van der Waals surface area contributed by atoms with Crippen molar-refractivity contribution in [1.82, 2.24) is 4.90 Å². The first-order chi connectivity index (χ1) is 12.2.